The van der Waals surface area contributed by atoms with Gasteiger partial charge in [-0.15, -0.1) is 0 Å². The lowest BCUT2D eigenvalue weighted by atomic mass is 10.2. The molecule has 0 atom stereocenters. The van der Waals surface area contributed by atoms with Crippen molar-refractivity contribution in [1.29, 1.82) is 0 Å². The van der Waals surface area contributed by atoms with Gasteiger partial charge in [0.25, 0.3) is 5.91 Å². The Balaban J connectivity index is 1.58. The maximum atomic E-state index is 12.5. The molecular formula is C20H14ClN5O. The van der Waals surface area contributed by atoms with Gasteiger partial charge in [0.1, 0.15) is 17.8 Å². The number of carbonyl (C=O) groups excluding carboxylic acids is 1. The highest BCUT2D eigenvalue weighted by Gasteiger charge is 2.10. The molecule has 2 heterocycles. The molecule has 0 aliphatic carbocycles. The molecule has 1 amide bonds. The predicted octanol–water partition coefficient (Wildman–Crippen LogP) is 4.67. The van der Waals surface area contributed by atoms with E-state index in [2.05, 4.69) is 25.6 Å². The molecule has 2 N–H and O–H groups in total. The first-order chi connectivity index (χ1) is 13.2. The number of hydrogen-bond acceptors (Lipinski definition) is 5. The third-order valence-electron chi connectivity index (χ3n) is 3.88. The number of nitrogens with zero attached hydrogens (tertiary/aromatic N) is 3. The SMILES string of the molecule is O=C(Nc1cccc(Cl)c1)c1cc(Nc2cccc3cccnc23)ncn1. The lowest BCUT2D eigenvalue weighted by Crippen LogP contribution is -2.14. The van der Waals surface area contributed by atoms with Gasteiger partial charge in [0.2, 0.25) is 0 Å². The van der Waals surface area contributed by atoms with Gasteiger partial charge < -0.3 is 10.6 Å². The van der Waals surface area contributed by atoms with Crippen LogP contribution in [-0.4, -0.2) is 20.9 Å². The quantitative estimate of drug-likeness (QED) is 0.541. The number of hydrogen-bond donors (Lipinski definition) is 2. The van der Waals surface area contributed by atoms with E-state index in [9.17, 15) is 4.79 Å². The maximum absolute atomic E-state index is 12.5. The number of para-hydroxylation sites is 1. The van der Waals surface area contributed by atoms with Crippen LogP contribution >= 0.6 is 11.6 Å². The van der Waals surface area contributed by atoms with Gasteiger partial charge in [-0.1, -0.05) is 35.9 Å². The van der Waals surface area contributed by atoms with Crippen molar-refractivity contribution >= 4 is 45.6 Å². The Kier molecular flexibility index (Phi) is 4.63. The fourth-order valence-electron chi connectivity index (χ4n) is 2.65. The van der Waals surface area contributed by atoms with Gasteiger partial charge >= 0.3 is 0 Å². The average Bonchev–Trinajstić information content (AvgIpc) is 2.68. The van der Waals surface area contributed by atoms with Crippen molar-refractivity contribution in [2.45, 2.75) is 0 Å². The average molecular weight is 376 g/mol. The second-order valence-corrected chi connectivity index (χ2v) is 6.20. The van der Waals surface area contributed by atoms with E-state index in [1.165, 1.54) is 6.33 Å². The highest BCUT2D eigenvalue weighted by atomic mass is 35.5. The van der Waals surface area contributed by atoms with Crippen LogP contribution in [0.15, 0.2) is 73.2 Å². The van der Waals surface area contributed by atoms with Crippen molar-refractivity contribution in [3.8, 4) is 0 Å². The van der Waals surface area contributed by atoms with Crippen LogP contribution in [0, 0.1) is 0 Å². The molecule has 0 fully saturated rings. The van der Waals surface area contributed by atoms with Crippen LogP contribution in [0.25, 0.3) is 10.9 Å². The maximum Gasteiger partial charge on any atom is 0.274 e. The van der Waals surface area contributed by atoms with E-state index < -0.39 is 0 Å². The van der Waals surface area contributed by atoms with E-state index >= 15 is 0 Å². The zero-order valence-electron chi connectivity index (χ0n) is 14.1. The molecule has 4 rings (SSSR count). The van der Waals surface area contributed by atoms with Gasteiger partial charge in [0.05, 0.1) is 11.2 Å². The van der Waals surface area contributed by atoms with E-state index in [0.29, 0.717) is 16.5 Å². The summed E-state index contributed by atoms with van der Waals surface area (Å²) in [6.45, 7) is 0. The minimum Gasteiger partial charge on any atom is -0.338 e. The summed E-state index contributed by atoms with van der Waals surface area (Å²) in [6.07, 6.45) is 3.07. The van der Waals surface area contributed by atoms with Crippen LogP contribution in [-0.2, 0) is 0 Å². The molecule has 7 heteroatoms. The van der Waals surface area contributed by atoms with Crippen molar-refractivity contribution in [2.75, 3.05) is 10.6 Å². The van der Waals surface area contributed by atoms with E-state index in [4.69, 9.17) is 11.6 Å². The van der Waals surface area contributed by atoms with Crippen LogP contribution in [0.1, 0.15) is 10.5 Å². The van der Waals surface area contributed by atoms with Gasteiger partial charge in [-0.05, 0) is 30.3 Å². The third kappa shape index (κ3) is 3.86. The highest BCUT2D eigenvalue weighted by molar-refractivity contribution is 6.30. The number of nitrogens with one attached hydrogen (secondary N) is 2. The predicted molar refractivity (Wildman–Crippen MR) is 106 cm³/mol. The summed E-state index contributed by atoms with van der Waals surface area (Å²) < 4.78 is 0. The molecule has 6 nitrogen and oxygen atoms in total. The van der Waals surface area contributed by atoms with E-state index in [1.807, 2.05) is 30.3 Å². The third-order valence-corrected chi connectivity index (χ3v) is 4.11. The number of halogens is 1. The molecule has 27 heavy (non-hydrogen) atoms. The number of amides is 1. The van der Waals surface area contributed by atoms with Gasteiger partial charge in [-0.25, -0.2) is 9.97 Å². The topological polar surface area (TPSA) is 79.8 Å². The Morgan fingerprint density at radius 2 is 1.78 bits per heavy atom. The first kappa shape index (κ1) is 16.9. The van der Waals surface area contributed by atoms with Gasteiger partial charge in [0, 0.05) is 28.4 Å². The molecule has 0 saturated heterocycles. The van der Waals surface area contributed by atoms with Crippen molar-refractivity contribution in [3.05, 3.63) is 83.9 Å². The molecule has 0 spiro atoms. The van der Waals surface area contributed by atoms with E-state index in [-0.39, 0.29) is 11.6 Å². The summed E-state index contributed by atoms with van der Waals surface area (Å²) in [5, 5.41) is 7.52. The van der Waals surface area contributed by atoms with Crippen molar-refractivity contribution in [1.82, 2.24) is 15.0 Å². The molecule has 0 bridgehead atoms. The molecule has 0 aliphatic rings. The van der Waals surface area contributed by atoms with Gasteiger partial charge in [-0.2, -0.15) is 0 Å². The van der Waals surface area contributed by atoms with Gasteiger partial charge in [-0.3, -0.25) is 9.78 Å². The summed E-state index contributed by atoms with van der Waals surface area (Å²) in [7, 11) is 0. The van der Waals surface area contributed by atoms with Crippen molar-refractivity contribution in [2.24, 2.45) is 0 Å². The summed E-state index contributed by atoms with van der Waals surface area (Å²) in [4.78, 5) is 25.1. The molecule has 2 aromatic carbocycles. The molecule has 0 unspecified atom stereocenters. The monoisotopic (exact) mass is 375 g/mol. The number of carbonyl (C=O) groups is 1. The zero-order chi connectivity index (χ0) is 18.6. The first-order valence-corrected chi connectivity index (χ1v) is 8.56. The lowest BCUT2D eigenvalue weighted by Gasteiger charge is -2.09. The van der Waals surface area contributed by atoms with Crippen LogP contribution < -0.4 is 10.6 Å². The van der Waals surface area contributed by atoms with Crippen molar-refractivity contribution in [3.63, 3.8) is 0 Å². The molecule has 4 aromatic rings. The smallest absolute Gasteiger partial charge is 0.274 e. The minimum atomic E-state index is -0.348. The zero-order valence-corrected chi connectivity index (χ0v) is 14.8. The molecule has 2 aromatic heterocycles. The fourth-order valence-corrected chi connectivity index (χ4v) is 2.84. The fraction of sp³-hybridized carbons (Fsp3) is 0. The summed E-state index contributed by atoms with van der Waals surface area (Å²) in [5.74, 6) is 0.151. The Hall–Kier alpha value is -3.51. The first-order valence-electron chi connectivity index (χ1n) is 8.19. The molecular weight excluding hydrogens is 362 g/mol. The summed E-state index contributed by atoms with van der Waals surface area (Å²) in [5.41, 5.74) is 2.45. The molecule has 0 aliphatic heterocycles. The summed E-state index contributed by atoms with van der Waals surface area (Å²) in [6, 6.07) is 18.2. The largest absolute Gasteiger partial charge is 0.338 e. The van der Waals surface area contributed by atoms with E-state index in [1.54, 1.807) is 36.5 Å². The van der Waals surface area contributed by atoms with Gasteiger partial charge in [0.15, 0.2) is 0 Å². The van der Waals surface area contributed by atoms with Crippen LogP contribution in [0.3, 0.4) is 0 Å². The van der Waals surface area contributed by atoms with Crippen LogP contribution in [0.2, 0.25) is 5.02 Å². The summed E-state index contributed by atoms with van der Waals surface area (Å²) >= 11 is 5.94. The number of rotatable bonds is 4. The van der Waals surface area contributed by atoms with E-state index in [0.717, 1.165) is 16.6 Å². The normalized spacial score (nSPS) is 10.6. The number of aromatic nitrogens is 3. The Bertz CT molecular complexity index is 1130. The number of pyridine rings is 1. The minimum absolute atomic E-state index is 0.237. The van der Waals surface area contributed by atoms with Crippen LogP contribution in [0.5, 0.6) is 0 Å². The highest BCUT2D eigenvalue weighted by Crippen LogP contribution is 2.24. The second kappa shape index (κ2) is 7.39. The molecule has 132 valence electrons. The van der Waals surface area contributed by atoms with Crippen LogP contribution in [0.4, 0.5) is 17.2 Å². The van der Waals surface area contributed by atoms with Crippen molar-refractivity contribution < 1.29 is 4.79 Å². The Morgan fingerprint density at radius 1 is 0.926 bits per heavy atom. The standard InChI is InChI=1S/C20H14ClN5O/c21-14-6-2-7-15(10-14)25-20(27)17-11-18(24-12-23-17)26-16-8-1-4-13-5-3-9-22-19(13)16/h1-12H,(H,25,27)(H,23,24,26). The second-order valence-electron chi connectivity index (χ2n) is 5.76. The molecule has 0 radical (unpaired) electrons. The number of fused-ring (bicyclic) bond motifs is 1. The Labute approximate surface area is 160 Å². The Morgan fingerprint density at radius 3 is 2.67 bits per heavy atom. The number of anilines is 3. The lowest BCUT2D eigenvalue weighted by molar-refractivity contribution is 0.102. The number of benzene rings is 2. The molecule has 0 saturated carbocycles.